The van der Waals surface area contributed by atoms with Gasteiger partial charge >= 0.3 is 0 Å². The molecule has 146 valence electrons. The molecule has 0 N–H and O–H groups in total. The van der Waals surface area contributed by atoms with Crippen molar-refractivity contribution < 1.29 is 0 Å². The van der Waals surface area contributed by atoms with Gasteiger partial charge in [0.25, 0.3) is 0 Å². The molecule has 1 aliphatic carbocycles. The quantitative estimate of drug-likeness (QED) is 0.472. The van der Waals surface area contributed by atoms with E-state index in [4.69, 9.17) is 0 Å². The minimum atomic E-state index is 0.152. The Morgan fingerprint density at radius 3 is 2.32 bits per heavy atom. The zero-order valence-corrected chi connectivity index (χ0v) is 18.3. The highest BCUT2D eigenvalue weighted by Gasteiger charge is 2.30. The van der Waals surface area contributed by atoms with Gasteiger partial charge in [0.1, 0.15) is 0 Å². The summed E-state index contributed by atoms with van der Waals surface area (Å²) in [4.78, 5) is 0. The van der Waals surface area contributed by atoms with Crippen molar-refractivity contribution in [1.29, 1.82) is 0 Å². The van der Waals surface area contributed by atoms with Gasteiger partial charge in [0.15, 0.2) is 0 Å². The molecule has 0 nitrogen and oxygen atoms in total. The lowest BCUT2D eigenvalue weighted by atomic mass is 9.80. The first kappa shape index (κ1) is 20.4. The molecule has 0 bridgehead atoms. The molecule has 2 unspecified atom stereocenters. The standard InChI is InChI=1S/C28H34/c1-19-13-14-25(21(3)15-19)27-18-24(28(5,6)7)17-26(27)22(4)20(2)16-23-11-9-8-10-12-23/h8-15,17-18,22,27H,2,16H2,1,3-7H3. The van der Waals surface area contributed by atoms with E-state index < -0.39 is 0 Å². The Hall–Kier alpha value is -2.34. The van der Waals surface area contributed by atoms with Crippen molar-refractivity contribution in [2.24, 2.45) is 11.3 Å². The van der Waals surface area contributed by atoms with Gasteiger partial charge < -0.3 is 0 Å². The summed E-state index contributed by atoms with van der Waals surface area (Å²) in [6.45, 7) is 18.1. The smallest absolute Gasteiger partial charge is 0.0245 e. The molecule has 0 aliphatic heterocycles. The van der Waals surface area contributed by atoms with Crippen molar-refractivity contribution >= 4 is 0 Å². The van der Waals surface area contributed by atoms with E-state index in [0.29, 0.717) is 11.8 Å². The molecule has 0 amide bonds. The van der Waals surface area contributed by atoms with Gasteiger partial charge in [0.2, 0.25) is 0 Å². The molecule has 2 atom stereocenters. The molecule has 0 spiro atoms. The Balaban J connectivity index is 1.94. The van der Waals surface area contributed by atoms with Crippen molar-refractivity contribution in [3.05, 3.63) is 106 Å². The monoisotopic (exact) mass is 370 g/mol. The van der Waals surface area contributed by atoms with Crippen molar-refractivity contribution in [3.63, 3.8) is 0 Å². The highest BCUT2D eigenvalue weighted by Crippen LogP contribution is 2.45. The number of allylic oxidation sites excluding steroid dienone is 5. The minimum Gasteiger partial charge on any atom is -0.0989 e. The Labute approximate surface area is 171 Å². The summed E-state index contributed by atoms with van der Waals surface area (Å²) in [7, 11) is 0. The molecule has 2 aromatic rings. The van der Waals surface area contributed by atoms with E-state index in [1.54, 1.807) is 0 Å². The molecule has 0 radical (unpaired) electrons. The maximum atomic E-state index is 4.48. The van der Waals surface area contributed by atoms with Crippen LogP contribution in [0, 0.1) is 25.2 Å². The summed E-state index contributed by atoms with van der Waals surface area (Å²) in [5.41, 5.74) is 9.83. The summed E-state index contributed by atoms with van der Waals surface area (Å²) in [5, 5.41) is 0. The predicted molar refractivity (Wildman–Crippen MR) is 123 cm³/mol. The zero-order chi connectivity index (χ0) is 20.5. The lowest BCUT2D eigenvalue weighted by Crippen LogP contribution is -2.11. The Morgan fingerprint density at radius 1 is 1.04 bits per heavy atom. The number of hydrogen-bond donors (Lipinski definition) is 0. The summed E-state index contributed by atoms with van der Waals surface area (Å²) in [6.07, 6.45) is 5.87. The van der Waals surface area contributed by atoms with E-state index in [2.05, 4.69) is 109 Å². The normalized spacial score (nSPS) is 17.9. The van der Waals surface area contributed by atoms with Gasteiger partial charge in [-0.3, -0.25) is 0 Å². The number of rotatable bonds is 5. The highest BCUT2D eigenvalue weighted by molar-refractivity contribution is 5.52. The molecule has 0 aromatic heterocycles. The van der Waals surface area contributed by atoms with Crippen LogP contribution in [0.4, 0.5) is 0 Å². The lowest BCUT2D eigenvalue weighted by molar-refractivity contribution is 0.517. The van der Waals surface area contributed by atoms with Crippen molar-refractivity contribution in [2.75, 3.05) is 0 Å². The molecule has 28 heavy (non-hydrogen) atoms. The largest absolute Gasteiger partial charge is 0.0989 e. The average molecular weight is 371 g/mol. The minimum absolute atomic E-state index is 0.152. The van der Waals surface area contributed by atoms with E-state index in [0.717, 1.165) is 6.42 Å². The molecule has 3 rings (SSSR count). The van der Waals surface area contributed by atoms with E-state index in [9.17, 15) is 0 Å². The fourth-order valence-corrected chi connectivity index (χ4v) is 4.14. The topological polar surface area (TPSA) is 0 Å². The van der Waals surface area contributed by atoms with E-state index in [1.807, 2.05) is 0 Å². The van der Waals surface area contributed by atoms with Crippen LogP contribution in [0.15, 0.2) is 84.0 Å². The van der Waals surface area contributed by atoms with Crippen LogP contribution in [0.25, 0.3) is 0 Å². The van der Waals surface area contributed by atoms with Crippen LogP contribution >= 0.6 is 0 Å². The van der Waals surface area contributed by atoms with Crippen LogP contribution in [-0.2, 0) is 6.42 Å². The average Bonchev–Trinajstić information content (AvgIpc) is 3.07. The van der Waals surface area contributed by atoms with Crippen LogP contribution in [0.5, 0.6) is 0 Å². The summed E-state index contributed by atoms with van der Waals surface area (Å²) >= 11 is 0. The third kappa shape index (κ3) is 4.38. The molecule has 0 heteroatoms. The molecule has 0 saturated heterocycles. The third-order valence-electron chi connectivity index (χ3n) is 6.04. The van der Waals surface area contributed by atoms with Gasteiger partial charge in [-0.25, -0.2) is 0 Å². The second-order valence-electron chi connectivity index (χ2n) is 9.40. The number of benzene rings is 2. The van der Waals surface area contributed by atoms with Crippen LogP contribution in [-0.4, -0.2) is 0 Å². The molecule has 0 fully saturated rings. The molecule has 2 aromatic carbocycles. The summed E-state index contributed by atoms with van der Waals surface area (Å²) in [5.74, 6) is 0.694. The Kier molecular flexibility index (Phi) is 5.79. The van der Waals surface area contributed by atoms with E-state index in [1.165, 1.54) is 39.0 Å². The van der Waals surface area contributed by atoms with Gasteiger partial charge in [-0.15, -0.1) is 0 Å². The first-order chi connectivity index (χ1) is 13.2. The van der Waals surface area contributed by atoms with Crippen LogP contribution in [0.2, 0.25) is 0 Å². The van der Waals surface area contributed by atoms with Gasteiger partial charge in [-0.1, -0.05) is 112 Å². The number of hydrogen-bond acceptors (Lipinski definition) is 0. The van der Waals surface area contributed by atoms with Gasteiger partial charge in [-0.05, 0) is 53.9 Å². The second-order valence-corrected chi connectivity index (χ2v) is 9.40. The fourth-order valence-electron chi connectivity index (χ4n) is 4.14. The molecular weight excluding hydrogens is 336 g/mol. The maximum absolute atomic E-state index is 4.48. The number of aryl methyl sites for hydroxylation is 2. The first-order valence-electron chi connectivity index (χ1n) is 10.4. The molecule has 0 saturated carbocycles. The van der Waals surface area contributed by atoms with Gasteiger partial charge in [-0.2, -0.15) is 0 Å². The van der Waals surface area contributed by atoms with E-state index >= 15 is 0 Å². The molecule has 1 aliphatic rings. The summed E-state index contributed by atoms with van der Waals surface area (Å²) in [6, 6.07) is 17.6. The van der Waals surface area contributed by atoms with Crippen molar-refractivity contribution in [3.8, 4) is 0 Å². The Bertz CT molecular complexity index is 916. The van der Waals surface area contributed by atoms with Gasteiger partial charge in [0.05, 0.1) is 0 Å². The van der Waals surface area contributed by atoms with Crippen molar-refractivity contribution in [2.45, 2.75) is 53.9 Å². The van der Waals surface area contributed by atoms with Crippen LogP contribution in [0.1, 0.15) is 55.9 Å². The SMILES string of the molecule is C=C(Cc1ccccc1)C(C)C1=CC(C(C)(C)C)=CC1c1ccc(C)cc1C. The maximum Gasteiger partial charge on any atom is 0.0245 e. The van der Waals surface area contributed by atoms with Gasteiger partial charge in [0, 0.05) is 5.92 Å². The lowest BCUT2D eigenvalue weighted by Gasteiger charge is -2.24. The predicted octanol–water partition coefficient (Wildman–Crippen LogP) is 7.73. The van der Waals surface area contributed by atoms with Crippen LogP contribution < -0.4 is 0 Å². The summed E-state index contributed by atoms with van der Waals surface area (Å²) < 4.78 is 0. The molecule has 0 heterocycles. The van der Waals surface area contributed by atoms with Crippen LogP contribution in [0.3, 0.4) is 0 Å². The first-order valence-corrected chi connectivity index (χ1v) is 10.4. The van der Waals surface area contributed by atoms with E-state index in [-0.39, 0.29) is 5.41 Å². The highest BCUT2D eigenvalue weighted by atomic mass is 14.3. The molecular formula is C28H34. The Morgan fingerprint density at radius 2 is 1.71 bits per heavy atom. The second kappa shape index (κ2) is 7.95. The third-order valence-corrected chi connectivity index (χ3v) is 6.04. The van der Waals surface area contributed by atoms with Crippen molar-refractivity contribution in [1.82, 2.24) is 0 Å². The zero-order valence-electron chi connectivity index (χ0n) is 18.3. The fraction of sp³-hybridized carbons (Fsp3) is 0.357.